The lowest BCUT2D eigenvalue weighted by atomic mass is 10.2. The van der Waals surface area contributed by atoms with Gasteiger partial charge in [0.2, 0.25) is 11.7 Å². The molecule has 1 fully saturated rings. The maximum Gasteiger partial charge on any atom is 0.244 e. The van der Waals surface area contributed by atoms with Crippen LogP contribution in [0.25, 0.3) is 11.4 Å². The maximum absolute atomic E-state index is 9.51. The minimum atomic E-state index is -0.375. The number of benzene rings is 1. The van der Waals surface area contributed by atoms with Crippen molar-refractivity contribution in [2.24, 2.45) is 0 Å². The molecule has 0 spiro atoms. The van der Waals surface area contributed by atoms with Crippen molar-refractivity contribution in [3.8, 4) is 17.1 Å². The normalized spacial score (nSPS) is 22.1. The van der Waals surface area contributed by atoms with E-state index in [-0.39, 0.29) is 12.1 Å². The summed E-state index contributed by atoms with van der Waals surface area (Å²) in [7, 11) is 1.56. The lowest BCUT2D eigenvalue weighted by Gasteiger charge is -2.05. The summed E-state index contributed by atoms with van der Waals surface area (Å²) in [6.07, 6.45) is 0.194. The Morgan fingerprint density at radius 1 is 1.50 bits per heavy atom. The van der Waals surface area contributed by atoms with Crippen molar-refractivity contribution in [2.75, 3.05) is 13.7 Å². The molecule has 1 aromatic heterocycles. The molecule has 0 unspecified atom stereocenters. The first kappa shape index (κ1) is 13.4. The molecule has 2 aromatic rings. The molecular weight excluding hydrogens is 282 g/mol. The third-order valence-electron chi connectivity index (χ3n) is 3.25. The average Bonchev–Trinajstić information content (AvgIpc) is 3.07. The quantitative estimate of drug-likeness (QED) is 0.898. The van der Waals surface area contributed by atoms with Crippen LogP contribution < -0.4 is 10.1 Å². The highest BCUT2D eigenvalue weighted by Crippen LogP contribution is 2.32. The largest absolute Gasteiger partial charge is 0.496 e. The van der Waals surface area contributed by atoms with Crippen molar-refractivity contribution in [2.45, 2.75) is 18.6 Å². The van der Waals surface area contributed by atoms with Crippen LogP contribution in [0, 0.1) is 0 Å². The number of aliphatic hydroxyl groups excluding tert-OH is 1. The van der Waals surface area contributed by atoms with Gasteiger partial charge in [-0.2, -0.15) is 4.98 Å². The molecule has 0 saturated carbocycles. The molecule has 2 atom stereocenters. The smallest absolute Gasteiger partial charge is 0.244 e. The van der Waals surface area contributed by atoms with Crippen LogP contribution in [0.4, 0.5) is 0 Å². The van der Waals surface area contributed by atoms with Gasteiger partial charge < -0.3 is 19.7 Å². The fraction of sp³-hybridized carbons (Fsp3) is 0.385. The Kier molecular flexibility index (Phi) is 3.60. The van der Waals surface area contributed by atoms with Crippen LogP contribution in [0.1, 0.15) is 18.4 Å². The van der Waals surface area contributed by atoms with Crippen molar-refractivity contribution >= 4 is 11.6 Å². The molecule has 1 aromatic carbocycles. The van der Waals surface area contributed by atoms with Gasteiger partial charge in [-0.15, -0.1) is 0 Å². The Balaban J connectivity index is 1.90. The van der Waals surface area contributed by atoms with Crippen molar-refractivity contribution in [3.05, 3.63) is 29.1 Å². The number of nitrogens with one attached hydrogen (secondary N) is 1. The topological polar surface area (TPSA) is 80.4 Å². The van der Waals surface area contributed by atoms with Gasteiger partial charge in [0.15, 0.2) is 0 Å². The summed E-state index contributed by atoms with van der Waals surface area (Å²) < 4.78 is 10.5. The zero-order valence-electron chi connectivity index (χ0n) is 10.8. The molecule has 0 amide bonds. The van der Waals surface area contributed by atoms with Gasteiger partial charge in [0.05, 0.1) is 24.8 Å². The van der Waals surface area contributed by atoms with Crippen molar-refractivity contribution in [3.63, 3.8) is 0 Å². The van der Waals surface area contributed by atoms with Crippen LogP contribution in [0.15, 0.2) is 22.7 Å². The number of ether oxygens (including phenoxy) is 1. The molecule has 20 heavy (non-hydrogen) atoms. The number of hydrogen-bond donors (Lipinski definition) is 2. The summed E-state index contributed by atoms with van der Waals surface area (Å²) in [5, 5.41) is 17.2. The number of hydrogen-bond acceptors (Lipinski definition) is 6. The predicted octanol–water partition coefficient (Wildman–Crippen LogP) is 1.79. The Labute approximate surface area is 120 Å². The highest BCUT2D eigenvalue weighted by atomic mass is 35.5. The van der Waals surface area contributed by atoms with Gasteiger partial charge in [0, 0.05) is 11.6 Å². The van der Waals surface area contributed by atoms with Gasteiger partial charge >= 0.3 is 0 Å². The van der Waals surface area contributed by atoms with Crippen LogP contribution in [0.2, 0.25) is 5.02 Å². The maximum atomic E-state index is 9.51. The highest BCUT2D eigenvalue weighted by molar-refractivity contribution is 6.30. The third-order valence-corrected chi connectivity index (χ3v) is 3.49. The summed E-state index contributed by atoms with van der Waals surface area (Å²) >= 11 is 5.93. The van der Waals surface area contributed by atoms with E-state index in [0.29, 0.717) is 41.0 Å². The molecular formula is C13H14ClN3O3. The summed E-state index contributed by atoms with van der Waals surface area (Å²) in [6, 6.07) is 5.12. The molecule has 6 nitrogen and oxygen atoms in total. The SMILES string of the molecule is COc1cc(Cl)ccc1-c1noc([C@@H]2C[C@H](O)CN2)n1. The average molecular weight is 296 g/mol. The monoisotopic (exact) mass is 295 g/mol. The zero-order valence-corrected chi connectivity index (χ0v) is 11.6. The van der Waals surface area contributed by atoms with Gasteiger partial charge in [-0.1, -0.05) is 16.8 Å². The number of β-amino-alcohol motifs (C(OH)–C–C–N with tert-alkyl or cyclic N) is 1. The van der Waals surface area contributed by atoms with E-state index < -0.39 is 0 Å². The first-order chi connectivity index (χ1) is 9.67. The van der Waals surface area contributed by atoms with Crippen molar-refractivity contribution in [1.82, 2.24) is 15.5 Å². The molecule has 1 aliphatic rings. The summed E-state index contributed by atoms with van der Waals surface area (Å²) in [4.78, 5) is 4.36. The predicted molar refractivity (Wildman–Crippen MR) is 72.7 cm³/mol. The lowest BCUT2D eigenvalue weighted by molar-refractivity contribution is 0.191. The van der Waals surface area contributed by atoms with E-state index in [9.17, 15) is 5.11 Å². The second kappa shape index (κ2) is 5.40. The summed E-state index contributed by atoms with van der Waals surface area (Å²) in [5.41, 5.74) is 0.713. The number of aliphatic hydroxyl groups is 1. The molecule has 7 heteroatoms. The van der Waals surface area contributed by atoms with Crippen molar-refractivity contribution in [1.29, 1.82) is 0 Å². The fourth-order valence-corrected chi connectivity index (χ4v) is 2.40. The van der Waals surface area contributed by atoms with Crippen LogP contribution in [-0.2, 0) is 0 Å². The van der Waals surface area contributed by atoms with E-state index in [1.807, 2.05) is 0 Å². The summed E-state index contributed by atoms with van der Waals surface area (Å²) in [5.74, 6) is 1.49. The number of aromatic nitrogens is 2. The first-order valence-electron chi connectivity index (χ1n) is 6.26. The van der Waals surface area contributed by atoms with Crippen LogP contribution in [0.5, 0.6) is 5.75 Å². The minimum absolute atomic E-state index is 0.107. The molecule has 2 N–H and O–H groups in total. The Bertz CT molecular complexity index is 617. The molecule has 3 rings (SSSR count). The number of halogens is 1. The minimum Gasteiger partial charge on any atom is -0.496 e. The first-order valence-corrected chi connectivity index (χ1v) is 6.64. The molecule has 0 aliphatic carbocycles. The number of rotatable bonds is 3. The Morgan fingerprint density at radius 3 is 3.05 bits per heavy atom. The van der Waals surface area contributed by atoms with Crippen LogP contribution in [-0.4, -0.2) is 35.0 Å². The van der Waals surface area contributed by atoms with Gasteiger partial charge in [-0.05, 0) is 24.6 Å². The van der Waals surface area contributed by atoms with E-state index in [2.05, 4.69) is 15.5 Å². The van der Waals surface area contributed by atoms with Gasteiger partial charge in [-0.3, -0.25) is 0 Å². The molecule has 2 heterocycles. The molecule has 1 saturated heterocycles. The highest BCUT2D eigenvalue weighted by Gasteiger charge is 2.28. The Hall–Kier alpha value is -1.63. The van der Waals surface area contributed by atoms with Gasteiger partial charge in [0.25, 0.3) is 0 Å². The molecule has 106 valence electrons. The fourth-order valence-electron chi connectivity index (χ4n) is 2.24. The van der Waals surface area contributed by atoms with Crippen LogP contribution in [0.3, 0.4) is 0 Å². The molecule has 0 bridgehead atoms. The van der Waals surface area contributed by atoms with E-state index >= 15 is 0 Å². The van der Waals surface area contributed by atoms with E-state index in [1.54, 1.807) is 25.3 Å². The third kappa shape index (κ3) is 2.49. The second-order valence-electron chi connectivity index (χ2n) is 4.65. The standard InChI is InChI=1S/C13H14ClN3O3/c1-19-11-4-7(14)2-3-9(11)12-16-13(20-17-12)10-5-8(18)6-15-10/h2-4,8,10,15,18H,5-6H2,1H3/t8-,10-/m0/s1. The van der Waals surface area contributed by atoms with Gasteiger partial charge in [-0.25, -0.2) is 0 Å². The number of nitrogens with zero attached hydrogens (tertiary/aromatic N) is 2. The second-order valence-corrected chi connectivity index (χ2v) is 5.09. The molecule has 0 radical (unpaired) electrons. The molecule has 1 aliphatic heterocycles. The van der Waals surface area contributed by atoms with Crippen molar-refractivity contribution < 1.29 is 14.4 Å². The van der Waals surface area contributed by atoms with Gasteiger partial charge in [0.1, 0.15) is 5.75 Å². The van der Waals surface area contributed by atoms with E-state index in [4.69, 9.17) is 20.9 Å². The zero-order chi connectivity index (χ0) is 14.1. The van der Waals surface area contributed by atoms with E-state index in [0.717, 1.165) is 0 Å². The summed E-state index contributed by atoms with van der Waals surface area (Å²) in [6.45, 7) is 0.534. The van der Waals surface area contributed by atoms with Crippen LogP contribution >= 0.6 is 11.6 Å². The Morgan fingerprint density at radius 2 is 2.35 bits per heavy atom. The van der Waals surface area contributed by atoms with E-state index in [1.165, 1.54) is 0 Å². The lowest BCUT2D eigenvalue weighted by Crippen LogP contribution is -2.15. The number of methoxy groups -OCH3 is 1.